The fraction of sp³-hybridized carbons (Fsp3) is 0.448. The van der Waals surface area contributed by atoms with E-state index in [2.05, 4.69) is 43.6 Å². The van der Waals surface area contributed by atoms with Crippen LogP contribution in [0.25, 0.3) is 0 Å². The molecular weight excluding hydrogens is 464 g/mol. The van der Waals surface area contributed by atoms with E-state index in [4.69, 9.17) is 0 Å². The van der Waals surface area contributed by atoms with Crippen LogP contribution in [-0.2, 0) is 17.6 Å². The third kappa shape index (κ3) is 4.72. The smallest absolute Gasteiger partial charge is 0.291 e. The highest BCUT2D eigenvalue weighted by Gasteiger charge is 2.43. The third-order valence-corrected chi connectivity index (χ3v) is 8.35. The van der Waals surface area contributed by atoms with Gasteiger partial charge in [-0.1, -0.05) is 55.7 Å². The lowest BCUT2D eigenvalue weighted by molar-refractivity contribution is -0.120. The number of aromatic amines is 1. The second-order valence-electron chi connectivity index (χ2n) is 11.0. The van der Waals surface area contributed by atoms with Crippen LogP contribution in [0.2, 0.25) is 0 Å². The minimum absolute atomic E-state index is 0.0554. The van der Waals surface area contributed by atoms with Crippen LogP contribution in [-0.4, -0.2) is 53.2 Å². The van der Waals surface area contributed by atoms with Gasteiger partial charge < -0.3 is 15.1 Å². The molecule has 2 aromatic carbocycles. The molecule has 2 amide bonds. The zero-order valence-electron chi connectivity index (χ0n) is 21.4. The van der Waals surface area contributed by atoms with Crippen molar-refractivity contribution in [3.8, 4) is 0 Å². The normalized spacial score (nSPS) is 20.8. The molecule has 0 radical (unpaired) electrons. The topological polar surface area (TPSA) is 94.2 Å². The van der Waals surface area contributed by atoms with Crippen LogP contribution in [0.5, 0.6) is 0 Å². The highest BCUT2D eigenvalue weighted by Crippen LogP contribution is 2.46. The number of fused-ring (bicyclic) bond motifs is 1. The summed E-state index contributed by atoms with van der Waals surface area (Å²) >= 11 is 0. The van der Waals surface area contributed by atoms with Crippen molar-refractivity contribution < 1.29 is 9.59 Å². The molecule has 0 bridgehead atoms. The van der Waals surface area contributed by atoms with Gasteiger partial charge in [0, 0.05) is 43.3 Å². The maximum atomic E-state index is 13.4. The maximum Gasteiger partial charge on any atom is 0.291 e. The summed E-state index contributed by atoms with van der Waals surface area (Å²) < 4.78 is 0. The zero-order valence-corrected chi connectivity index (χ0v) is 21.4. The highest BCUT2D eigenvalue weighted by molar-refractivity contribution is 6.02. The van der Waals surface area contributed by atoms with Crippen molar-refractivity contribution in [1.29, 1.82) is 0 Å². The molecule has 8 nitrogen and oxygen atoms in total. The van der Waals surface area contributed by atoms with E-state index in [0.717, 1.165) is 29.9 Å². The number of hydrogen-bond donors (Lipinski definition) is 2. The summed E-state index contributed by atoms with van der Waals surface area (Å²) in [6, 6.07) is 15.8. The predicted octanol–water partition coefficient (Wildman–Crippen LogP) is 3.87. The Morgan fingerprint density at radius 2 is 1.89 bits per heavy atom. The molecule has 8 heteroatoms. The van der Waals surface area contributed by atoms with Crippen molar-refractivity contribution >= 4 is 23.2 Å². The Morgan fingerprint density at radius 1 is 1.11 bits per heavy atom. The fourth-order valence-corrected chi connectivity index (χ4v) is 6.23. The number of rotatable bonds is 5. The van der Waals surface area contributed by atoms with E-state index in [0.29, 0.717) is 30.5 Å². The van der Waals surface area contributed by atoms with Crippen LogP contribution >= 0.6 is 0 Å². The molecular formula is C29H34N6O2. The summed E-state index contributed by atoms with van der Waals surface area (Å²) in [6.07, 6.45) is 8.57. The molecule has 1 spiro atoms. The minimum atomic E-state index is -0.626. The first-order valence-corrected chi connectivity index (χ1v) is 13.4. The molecule has 6 rings (SSSR count). The molecule has 1 saturated heterocycles. The Morgan fingerprint density at radius 3 is 2.68 bits per heavy atom. The second-order valence-corrected chi connectivity index (χ2v) is 11.0. The summed E-state index contributed by atoms with van der Waals surface area (Å²) in [7, 11) is 1.80. The number of anilines is 2. The van der Waals surface area contributed by atoms with Crippen LogP contribution in [0.1, 0.15) is 66.1 Å². The lowest BCUT2D eigenvalue weighted by atomic mass is 9.68. The largest absolute Gasteiger partial charge is 0.370 e. The zero-order chi connectivity index (χ0) is 25.4. The highest BCUT2D eigenvalue weighted by atomic mass is 16.2. The molecule has 1 saturated carbocycles. The van der Waals surface area contributed by atoms with Crippen molar-refractivity contribution in [2.24, 2.45) is 5.41 Å². The number of H-pyrrole nitrogens is 1. The first-order valence-electron chi connectivity index (χ1n) is 13.4. The molecule has 1 atom stereocenters. The Balaban J connectivity index is 1.11. The molecule has 0 unspecified atom stereocenters. The van der Waals surface area contributed by atoms with Gasteiger partial charge in [0.2, 0.25) is 11.7 Å². The number of hydrogen-bond acceptors (Lipinski definition) is 5. The first kappa shape index (κ1) is 23.7. The number of carbonyl (C=O) groups excluding carboxylic acids is 2. The average molecular weight is 499 g/mol. The number of aryl methyl sites for hydroxylation is 1. The number of nitrogens with zero attached hydrogens (tertiary/aromatic N) is 4. The van der Waals surface area contributed by atoms with Crippen molar-refractivity contribution in [1.82, 2.24) is 20.5 Å². The Kier molecular flexibility index (Phi) is 6.18. The third-order valence-electron chi connectivity index (χ3n) is 8.35. The van der Waals surface area contributed by atoms with E-state index in [9.17, 15) is 9.59 Å². The molecule has 37 heavy (non-hydrogen) atoms. The van der Waals surface area contributed by atoms with Gasteiger partial charge in [-0.25, -0.2) is 4.98 Å². The van der Waals surface area contributed by atoms with Crippen LogP contribution in [0.3, 0.4) is 0 Å². The van der Waals surface area contributed by atoms with Gasteiger partial charge in [-0.15, -0.1) is 5.10 Å². The van der Waals surface area contributed by atoms with Crippen molar-refractivity contribution in [3.63, 3.8) is 0 Å². The van der Waals surface area contributed by atoms with Gasteiger partial charge in [0.25, 0.3) is 5.91 Å². The number of carbonyl (C=O) groups is 2. The quantitative estimate of drug-likeness (QED) is 0.557. The van der Waals surface area contributed by atoms with Crippen LogP contribution in [0.4, 0.5) is 11.4 Å². The van der Waals surface area contributed by atoms with Gasteiger partial charge in [0.1, 0.15) is 11.9 Å². The number of likely N-dealkylation sites (N-methyl/N-ethyl adjacent to an activating group) is 1. The van der Waals surface area contributed by atoms with Crippen molar-refractivity contribution in [2.75, 3.05) is 29.9 Å². The molecule has 2 fully saturated rings. The van der Waals surface area contributed by atoms with Crippen LogP contribution in [0.15, 0.2) is 48.5 Å². The molecule has 3 aliphatic rings. The van der Waals surface area contributed by atoms with E-state index < -0.39 is 11.9 Å². The van der Waals surface area contributed by atoms with Gasteiger partial charge in [-0.05, 0) is 48.9 Å². The standard InChI is InChI=1S/C29H34N6O2/c1-34-24-17-22(35-18-29(19-35)14-6-3-7-15-29)12-10-21(24)11-13-23(28(34)37)30-27(36)26-31-25(32-33-26)16-20-8-4-2-5-9-20/h2,4-5,8-10,12,17,23H,3,6-7,11,13-16,18-19H2,1H3,(H,30,36)(H,31,32,33)/t23-/m0/s1. The molecule has 192 valence electrons. The average Bonchev–Trinajstić information content (AvgIpc) is 3.34. The van der Waals surface area contributed by atoms with Gasteiger partial charge in [-0.3, -0.25) is 14.7 Å². The molecule has 3 heterocycles. The van der Waals surface area contributed by atoms with E-state index in [1.807, 2.05) is 30.3 Å². The molecule has 1 aliphatic carbocycles. The van der Waals surface area contributed by atoms with Gasteiger partial charge in [-0.2, -0.15) is 0 Å². The number of nitrogens with one attached hydrogen (secondary N) is 2. The van der Waals surface area contributed by atoms with Gasteiger partial charge in [0.05, 0.1) is 0 Å². The fourth-order valence-electron chi connectivity index (χ4n) is 6.23. The summed E-state index contributed by atoms with van der Waals surface area (Å²) in [5, 5.41) is 9.82. The predicted molar refractivity (Wildman–Crippen MR) is 143 cm³/mol. The molecule has 2 aliphatic heterocycles. The van der Waals surface area contributed by atoms with Gasteiger partial charge >= 0.3 is 0 Å². The Hall–Kier alpha value is -3.68. The van der Waals surface area contributed by atoms with Crippen LogP contribution in [0, 0.1) is 5.41 Å². The Labute approximate surface area is 217 Å². The van der Waals surface area contributed by atoms with Gasteiger partial charge in [0.15, 0.2) is 0 Å². The van der Waals surface area contributed by atoms with E-state index in [1.54, 1.807) is 11.9 Å². The maximum absolute atomic E-state index is 13.4. The number of benzene rings is 2. The Bertz CT molecular complexity index is 1290. The minimum Gasteiger partial charge on any atom is -0.370 e. The molecule has 3 aromatic rings. The summed E-state index contributed by atoms with van der Waals surface area (Å²) in [6.45, 7) is 2.23. The lowest BCUT2D eigenvalue weighted by Gasteiger charge is -2.53. The SMILES string of the molecule is CN1C(=O)[C@@H](NC(=O)c2n[nH]c(Cc3ccccc3)n2)CCc2ccc(N3CC4(CCCCC4)C3)cc21. The van der Waals surface area contributed by atoms with Crippen molar-refractivity contribution in [3.05, 3.63) is 71.3 Å². The van der Waals surface area contributed by atoms with E-state index in [1.165, 1.54) is 37.8 Å². The van der Waals surface area contributed by atoms with Crippen molar-refractivity contribution in [2.45, 2.75) is 57.4 Å². The first-order chi connectivity index (χ1) is 18.0. The van der Waals surface area contributed by atoms with E-state index in [-0.39, 0.29) is 11.7 Å². The number of aromatic nitrogens is 3. The molecule has 1 aromatic heterocycles. The summed E-state index contributed by atoms with van der Waals surface area (Å²) in [5.74, 6) is 0.116. The summed E-state index contributed by atoms with van der Waals surface area (Å²) in [4.78, 5) is 34.8. The molecule has 2 N–H and O–H groups in total. The monoisotopic (exact) mass is 498 g/mol. The lowest BCUT2D eigenvalue weighted by Crippen LogP contribution is -2.57. The van der Waals surface area contributed by atoms with E-state index >= 15 is 0 Å². The number of amides is 2. The second kappa shape index (κ2) is 9.65. The van der Waals surface area contributed by atoms with Crippen LogP contribution < -0.4 is 15.1 Å². The summed E-state index contributed by atoms with van der Waals surface area (Å²) in [5.41, 5.74) is 4.84.